The van der Waals surface area contributed by atoms with Gasteiger partial charge in [0.1, 0.15) is 11.6 Å². The summed E-state index contributed by atoms with van der Waals surface area (Å²) < 4.78 is 0. The lowest BCUT2D eigenvalue weighted by Crippen LogP contribution is -2.18. The third-order valence-electron chi connectivity index (χ3n) is 4.82. The van der Waals surface area contributed by atoms with E-state index in [2.05, 4.69) is 45.6 Å². The summed E-state index contributed by atoms with van der Waals surface area (Å²) in [6, 6.07) is 20.6. The molecule has 4 nitrogen and oxygen atoms in total. The number of aryl methyl sites for hydroxylation is 2. The topological polar surface area (TPSA) is 61.6 Å². The summed E-state index contributed by atoms with van der Waals surface area (Å²) in [6.45, 7) is 1.90. The Balaban J connectivity index is 1.66. The Morgan fingerprint density at radius 1 is 1.08 bits per heavy atom. The van der Waals surface area contributed by atoms with Crippen molar-refractivity contribution in [2.75, 3.05) is 5.32 Å². The molecule has 1 unspecified atom stereocenters. The molecule has 1 aromatic heterocycles. The van der Waals surface area contributed by atoms with Crippen LogP contribution in [0.2, 0.25) is 0 Å². The molecule has 3 aromatic rings. The Bertz CT molecular complexity index is 987. The molecule has 1 atom stereocenters. The van der Waals surface area contributed by atoms with Gasteiger partial charge in [0.25, 0.3) is 0 Å². The van der Waals surface area contributed by atoms with Gasteiger partial charge >= 0.3 is 0 Å². The van der Waals surface area contributed by atoms with Crippen molar-refractivity contribution < 1.29 is 0 Å². The average molecular weight is 340 g/mol. The van der Waals surface area contributed by atoms with Crippen LogP contribution in [0.25, 0.3) is 11.3 Å². The Morgan fingerprint density at radius 3 is 2.85 bits per heavy atom. The van der Waals surface area contributed by atoms with Crippen LogP contribution in [-0.4, -0.2) is 9.97 Å². The molecular formula is C22H20N4. The summed E-state index contributed by atoms with van der Waals surface area (Å²) in [6.07, 6.45) is 3.42. The summed E-state index contributed by atoms with van der Waals surface area (Å²) in [4.78, 5) is 9.14. The highest BCUT2D eigenvalue weighted by molar-refractivity contribution is 5.64. The molecule has 0 amide bonds. The zero-order valence-electron chi connectivity index (χ0n) is 14.7. The molecule has 0 aliphatic heterocycles. The number of fused-ring (bicyclic) bond motifs is 1. The second kappa shape index (κ2) is 6.97. The molecule has 0 saturated carbocycles. The van der Waals surface area contributed by atoms with Gasteiger partial charge in [-0.1, -0.05) is 36.4 Å². The van der Waals surface area contributed by atoms with Crippen LogP contribution in [0.3, 0.4) is 0 Å². The van der Waals surface area contributed by atoms with Crippen molar-refractivity contribution in [3.63, 3.8) is 0 Å². The van der Waals surface area contributed by atoms with Crippen LogP contribution in [-0.2, 0) is 6.42 Å². The molecule has 1 aliphatic rings. The van der Waals surface area contributed by atoms with Crippen LogP contribution in [0.4, 0.5) is 5.82 Å². The van der Waals surface area contributed by atoms with E-state index < -0.39 is 0 Å². The fourth-order valence-corrected chi connectivity index (χ4v) is 3.62. The Hall–Kier alpha value is -3.19. The standard InChI is InChI=1S/C22H20N4/c1-15-24-21(18-9-4-6-16(12-18)14-23)13-22(25-15)26-20-11-5-8-17-7-2-3-10-19(17)20/h2-4,6-7,9-10,12-13,20H,5,8,11H2,1H3,(H,24,25,26). The van der Waals surface area contributed by atoms with Gasteiger partial charge in [-0.3, -0.25) is 0 Å². The van der Waals surface area contributed by atoms with Crippen molar-refractivity contribution in [1.29, 1.82) is 5.26 Å². The third-order valence-corrected chi connectivity index (χ3v) is 4.82. The van der Waals surface area contributed by atoms with Gasteiger partial charge in [0, 0.05) is 11.6 Å². The lowest BCUT2D eigenvalue weighted by atomic mass is 9.88. The van der Waals surface area contributed by atoms with Crippen molar-refractivity contribution in [2.45, 2.75) is 32.2 Å². The van der Waals surface area contributed by atoms with Gasteiger partial charge in [-0.05, 0) is 49.4 Å². The predicted octanol–water partition coefficient (Wildman–Crippen LogP) is 4.81. The fourth-order valence-electron chi connectivity index (χ4n) is 3.62. The molecule has 2 aromatic carbocycles. The molecule has 4 rings (SSSR count). The van der Waals surface area contributed by atoms with E-state index in [1.807, 2.05) is 31.2 Å². The van der Waals surface area contributed by atoms with Gasteiger partial charge in [0.05, 0.1) is 23.4 Å². The molecule has 26 heavy (non-hydrogen) atoms. The Kier molecular flexibility index (Phi) is 4.37. The third kappa shape index (κ3) is 3.29. The number of benzene rings is 2. The number of hydrogen-bond donors (Lipinski definition) is 1. The zero-order valence-corrected chi connectivity index (χ0v) is 14.7. The largest absolute Gasteiger partial charge is 0.363 e. The number of anilines is 1. The molecule has 1 heterocycles. The second-order valence-electron chi connectivity index (χ2n) is 6.67. The molecule has 128 valence electrons. The van der Waals surface area contributed by atoms with Gasteiger partial charge in [-0.2, -0.15) is 5.26 Å². The highest BCUT2D eigenvalue weighted by atomic mass is 15.0. The number of nitriles is 1. The first-order valence-corrected chi connectivity index (χ1v) is 8.93. The van der Waals surface area contributed by atoms with Gasteiger partial charge in [-0.15, -0.1) is 0 Å². The number of aromatic nitrogens is 2. The van der Waals surface area contributed by atoms with E-state index in [0.717, 1.165) is 35.7 Å². The summed E-state index contributed by atoms with van der Waals surface area (Å²) >= 11 is 0. The quantitative estimate of drug-likeness (QED) is 0.743. The van der Waals surface area contributed by atoms with E-state index in [1.54, 1.807) is 6.07 Å². The molecule has 4 heteroatoms. The Morgan fingerprint density at radius 2 is 1.96 bits per heavy atom. The van der Waals surface area contributed by atoms with Crippen molar-refractivity contribution in [3.05, 3.63) is 77.1 Å². The minimum atomic E-state index is 0.271. The molecule has 0 saturated heterocycles. The maximum absolute atomic E-state index is 9.13. The van der Waals surface area contributed by atoms with Crippen LogP contribution >= 0.6 is 0 Å². The number of nitrogens with one attached hydrogen (secondary N) is 1. The first-order chi connectivity index (χ1) is 12.7. The van der Waals surface area contributed by atoms with Crippen LogP contribution in [0.5, 0.6) is 0 Å². The van der Waals surface area contributed by atoms with E-state index in [4.69, 9.17) is 5.26 Å². The van der Waals surface area contributed by atoms with Crippen molar-refractivity contribution >= 4 is 5.82 Å². The van der Waals surface area contributed by atoms with E-state index in [1.165, 1.54) is 17.5 Å². The smallest absolute Gasteiger partial charge is 0.130 e. The maximum atomic E-state index is 9.13. The van der Waals surface area contributed by atoms with Gasteiger partial charge < -0.3 is 5.32 Å². The summed E-state index contributed by atoms with van der Waals surface area (Å²) in [5, 5.41) is 12.7. The van der Waals surface area contributed by atoms with Crippen LogP contribution in [0.1, 0.15) is 41.4 Å². The number of nitrogens with zero attached hydrogens (tertiary/aromatic N) is 3. The maximum Gasteiger partial charge on any atom is 0.130 e. The van der Waals surface area contributed by atoms with Crippen LogP contribution in [0.15, 0.2) is 54.6 Å². The molecule has 0 radical (unpaired) electrons. The van der Waals surface area contributed by atoms with E-state index in [9.17, 15) is 0 Å². The molecular weight excluding hydrogens is 320 g/mol. The minimum Gasteiger partial charge on any atom is -0.363 e. The van der Waals surface area contributed by atoms with Gasteiger partial charge in [0.15, 0.2) is 0 Å². The molecule has 0 bridgehead atoms. The molecule has 1 aliphatic carbocycles. The van der Waals surface area contributed by atoms with Crippen molar-refractivity contribution in [2.24, 2.45) is 0 Å². The summed E-state index contributed by atoms with van der Waals surface area (Å²) in [5.41, 5.74) is 5.18. The average Bonchev–Trinajstić information content (AvgIpc) is 2.68. The second-order valence-corrected chi connectivity index (χ2v) is 6.67. The lowest BCUT2D eigenvalue weighted by Gasteiger charge is -2.27. The van der Waals surface area contributed by atoms with Crippen molar-refractivity contribution in [3.8, 4) is 17.3 Å². The normalized spacial score (nSPS) is 15.8. The van der Waals surface area contributed by atoms with Crippen LogP contribution in [0, 0.1) is 18.3 Å². The van der Waals surface area contributed by atoms with E-state index in [-0.39, 0.29) is 6.04 Å². The highest BCUT2D eigenvalue weighted by Crippen LogP contribution is 2.32. The lowest BCUT2D eigenvalue weighted by molar-refractivity contribution is 0.598. The van der Waals surface area contributed by atoms with Gasteiger partial charge in [-0.25, -0.2) is 9.97 Å². The first kappa shape index (κ1) is 16.3. The summed E-state index contributed by atoms with van der Waals surface area (Å²) in [7, 11) is 0. The van der Waals surface area contributed by atoms with E-state index in [0.29, 0.717) is 5.56 Å². The predicted molar refractivity (Wildman–Crippen MR) is 103 cm³/mol. The molecule has 0 spiro atoms. The highest BCUT2D eigenvalue weighted by Gasteiger charge is 2.20. The fraction of sp³-hybridized carbons (Fsp3) is 0.227. The first-order valence-electron chi connectivity index (χ1n) is 8.93. The SMILES string of the molecule is Cc1nc(NC2CCCc3ccccc32)cc(-c2cccc(C#N)c2)n1. The minimum absolute atomic E-state index is 0.271. The van der Waals surface area contributed by atoms with E-state index >= 15 is 0 Å². The Labute approximate surface area is 153 Å². The zero-order chi connectivity index (χ0) is 17.9. The molecule has 0 fully saturated rings. The monoisotopic (exact) mass is 340 g/mol. The van der Waals surface area contributed by atoms with Crippen LogP contribution < -0.4 is 5.32 Å². The number of rotatable bonds is 3. The number of hydrogen-bond acceptors (Lipinski definition) is 4. The van der Waals surface area contributed by atoms with Crippen molar-refractivity contribution in [1.82, 2.24) is 9.97 Å². The van der Waals surface area contributed by atoms with Gasteiger partial charge in [0.2, 0.25) is 0 Å². The molecule has 1 N–H and O–H groups in total. The summed E-state index contributed by atoms with van der Waals surface area (Å²) in [5.74, 6) is 1.55.